The van der Waals surface area contributed by atoms with Crippen molar-refractivity contribution in [2.75, 3.05) is 6.61 Å². The predicted molar refractivity (Wildman–Crippen MR) is 82.4 cm³/mol. The van der Waals surface area contributed by atoms with Crippen LogP contribution in [0.1, 0.15) is 51.4 Å². The van der Waals surface area contributed by atoms with Gasteiger partial charge in [-0.05, 0) is 31.7 Å². The summed E-state index contributed by atoms with van der Waals surface area (Å²) in [7, 11) is 0. The highest BCUT2D eigenvalue weighted by Gasteiger charge is 2.20. The van der Waals surface area contributed by atoms with Crippen molar-refractivity contribution in [1.29, 1.82) is 0 Å². The van der Waals surface area contributed by atoms with E-state index in [0.29, 0.717) is 17.9 Å². The zero-order valence-corrected chi connectivity index (χ0v) is 13.5. The Morgan fingerprint density at radius 2 is 2.05 bits per heavy atom. The number of hydrogen-bond acceptors (Lipinski definition) is 4. The van der Waals surface area contributed by atoms with Gasteiger partial charge in [0.15, 0.2) is 0 Å². The molecule has 1 amide bonds. The molecule has 0 bridgehead atoms. The van der Waals surface area contributed by atoms with Crippen molar-refractivity contribution in [2.45, 2.75) is 53.2 Å². The van der Waals surface area contributed by atoms with Gasteiger partial charge in [0, 0.05) is 12.3 Å². The first-order chi connectivity index (χ1) is 9.71. The topological polar surface area (TPSA) is 71.5 Å². The Balaban J connectivity index is 2.66. The second kappa shape index (κ2) is 7.41. The third-order valence-electron chi connectivity index (χ3n) is 2.77. The normalized spacial score (nSPS) is 13.1. The first-order valence-electron chi connectivity index (χ1n) is 7.25. The molecule has 1 atom stereocenters. The Kier molecular flexibility index (Phi) is 6.15. The second-order valence-corrected chi connectivity index (χ2v) is 6.67. The smallest absolute Gasteiger partial charge is 0.253 e. The summed E-state index contributed by atoms with van der Waals surface area (Å²) >= 11 is 0. The Hall–Kier alpha value is -1.62. The fraction of sp³-hybridized carbons (Fsp3) is 0.625. The van der Waals surface area contributed by atoms with E-state index in [1.165, 1.54) is 6.20 Å². The molecule has 118 valence electrons. The molecule has 1 heterocycles. The molecule has 0 aliphatic heterocycles. The van der Waals surface area contributed by atoms with Crippen LogP contribution in [0.25, 0.3) is 0 Å². The minimum absolute atomic E-state index is 0.0356. The number of aliphatic hydroxyl groups excluding tert-OH is 1. The Labute approximate surface area is 126 Å². The number of amides is 1. The minimum atomic E-state index is -0.260. The number of aliphatic hydroxyl groups is 1. The summed E-state index contributed by atoms with van der Waals surface area (Å²) in [5.74, 6) is 0.261. The van der Waals surface area contributed by atoms with E-state index in [0.717, 1.165) is 0 Å². The summed E-state index contributed by atoms with van der Waals surface area (Å²) in [5, 5.41) is 12.2. The Bertz CT molecular complexity index is 450. The number of nitrogens with one attached hydrogen (secondary N) is 1. The van der Waals surface area contributed by atoms with Crippen molar-refractivity contribution in [3.63, 3.8) is 0 Å². The number of rotatable bonds is 6. The van der Waals surface area contributed by atoms with Crippen molar-refractivity contribution >= 4 is 5.91 Å². The lowest BCUT2D eigenvalue weighted by Gasteiger charge is -2.25. The molecule has 5 nitrogen and oxygen atoms in total. The molecular weight excluding hydrogens is 268 g/mol. The van der Waals surface area contributed by atoms with Crippen LogP contribution < -0.4 is 10.1 Å². The molecule has 1 aromatic rings. The monoisotopic (exact) mass is 294 g/mol. The summed E-state index contributed by atoms with van der Waals surface area (Å²) < 4.78 is 5.43. The van der Waals surface area contributed by atoms with E-state index in [9.17, 15) is 9.90 Å². The van der Waals surface area contributed by atoms with E-state index in [1.54, 1.807) is 12.1 Å². The van der Waals surface area contributed by atoms with Gasteiger partial charge in [-0.25, -0.2) is 4.98 Å². The first kappa shape index (κ1) is 17.4. The summed E-state index contributed by atoms with van der Waals surface area (Å²) in [6.45, 7) is 9.97. The van der Waals surface area contributed by atoms with E-state index in [-0.39, 0.29) is 30.1 Å². The van der Waals surface area contributed by atoms with Crippen LogP contribution in [-0.4, -0.2) is 34.8 Å². The van der Waals surface area contributed by atoms with Crippen LogP contribution >= 0.6 is 0 Å². The van der Waals surface area contributed by atoms with Crippen molar-refractivity contribution in [3.8, 4) is 5.88 Å². The number of nitrogens with zero attached hydrogens (tertiary/aromatic N) is 1. The fourth-order valence-electron chi connectivity index (χ4n) is 1.99. The lowest BCUT2D eigenvalue weighted by molar-refractivity contribution is 0.0897. The second-order valence-electron chi connectivity index (χ2n) is 6.67. The molecule has 0 spiro atoms. The van der Waals surface area contributed by atoms with Gasteiger partial charge in [0.1, 0.15) is 0 Å². The third kappa shape index (κ3) is 6.58. The molecule has 0 aliphatic rings. The molecule has 0 aliphatic carbocycles. The van der Waals surface area contributed by atoms with Crippen LogP contribution in [0.3, 0.4) is 0 Å². The van der Waals surface area contributed by atoms with Gasteiger partial charge in [0.05, 0.1) is 24.3 Å². The van der Waals surface area contributed by atoms with Crippen LogP contribution in [0.2, 0.25) is 0 Å². The third-order valence-corrected chi connectivity index (χ3v) is 2.77. The van der Waals surface area contributed by atoms with E-state index in [4.69, 9.17) is 4.74 Å². The zero-order valence-electron chi connectivity index (χ0n) is 13.5. The van der Waals surface area contributed by atoms with Gasteiger partial charge in [-0.15, -0.1) is 0 Å². The lowest BCUT2D eigenvalue weighted by atomic mass is 9.88. The molecule has 1 aromatic heterocycles. The quantitative estimate of drug-likeness (QED) is 0.845. The maximum atomic E-state index is 12.1. The van der Waals surface area contributed by atoms with E-state index in [2.05, 4.69) is 31.1 Å². The van der Waals surface area contributed by atoms with Gasteiger partial charge >= 0.3 is 0 Å². The summed E-state index contributed by atoms with van der Waals surface area (Å²) in [4.78, 5) is 16.2. The van der Waals surface area contributed by atoms with Crippen molar-refractivity contribution in [2.24, 2.45) is 5.41 Å². The molecule has 0 aromatic carbocycles. The highest BCUT2D eigenvalue weighted by molar-refractivity contribution is 5.94. The molecule has 0 radical (unpaired) electrons. The summed E-state index contributed by atoms with van der Waals surface area (Å²) in [5.41, 5.74) is 0.493. The van der Waals surface area contributed by atoms with Crippen molar-refractivity contribution < 1.29 is 14.6 Å². The fourth-order valence-corrected chi connectivity index (χ4v) is 1.99. The van der Waals surface area contributed by atoms with Crippen molar-refractivity contribution in [1.82, 2.24) is 10.3 Å². The number of ether oxygens (including phenoxy) is 1. The SMILES string of the molecule is CC(C)Oc1ccc(C(=O)NC(CO)CC(C)(C)C)cn1. The number of carbonyl (C=O) groups excluding carboxylic acids is 1. The van der Waals surface area contributed by atoms with Gasteiger partial charge in [-0.3, -0.25) is 4.79 Å². The van der Waals surface area contributed by atoms with Gasteiger partial charge in [0.25, 0.3) is 5.91 Å². The average Bonchev–Trinajstić information content (AvgIpc) is 2.36. The highest BCUT2D eigenvalue weighted by Crippen LogP contribution is 2.20. The Morgan fingerprint density at radius 1 is 1.38 bits per heavy atom. The summed E-state index contributed by atoms with van der Waals surface area (Å²) in [6, 6.07) is 3.09. The van der Waals surface area contributed by atoms with Gasteiger partial charge < -0.3 is 15.2 Å². The number of hydrogen-bond donors (Lipinski definition) is 2. The summed E-state index contributed by atoms with van der Waals surface area (Å²) in [6.07, 6.45) is 2.23. The average molecular weight is 294 g/mol. The van der Waals surface area contributed by atoms with Gasteiger partial charge in [0.2, 0.25) is 5.88 Å². The molecular formula is C16H26N2O3. The number of pyridine rings is 1. The van der Waals surface area contributed by atoms with E-state index >= 15 is 0 Å². The largest absolute Gasteiger partial charge is 0.475 e. The van der Waals surface area contributed by atoms with Gasteiger partial charge in [-0.2, -0.15) is 0 Å². The minimum Gasteiger partial charge on any atom is -0.475 e. The molecule has 1 unspecified atom stereocenters. The standard InChI is InChI=1S/C16H26N2O3/c1-11(2)21-14-7-6-12(9-17-14)15(20)18-13(10-19)8-16(3,4)5/h6-7,9,11,13,19H,8,10H2,1-5H3,(H,18,20). The molecule has 0 saturated heterocycles. The van der Waals surface area contributed by atoms with Gasteiger partial charge in [-0.1, -0.05) is 20.8 Å². The van der Waals surface area contributed by atoms with Crippen LogP contribution in [-0.2, 0) is 0 Å². The maximum absolute atomic E-state index is 12.1. The molecule has 2 N–H and O–H groups in total. The lowest BCUT2D eigenvalue weighted by Crippen LogP contribution is -2.40. The van der Waals surface area contributed by atoms with Crippen LogP contribution in [0.5, 0.6) is 5.88 Å². The van der Waals surface area contributed by atoms with Crippen molar-refractivity contribution in [3.05, 3.63) is 23.9 Å². The predicted octanol–water partition coefficient (Wildman–Crippen LogP) is 2.40. The molecule has 1 rings (SSSR count). The van der Waals surface area contributed by atoms with Crippen LogP contribution in [0, 0.1) is 5.41 Å². The first-order valence-corrected chi connectivity index (χ1v) is 7.25. The molecule has 5 heteroatoms. The molecule has 0 saturated carbocycles. The number of carbonyl (C=O) groups is 1. The zero-order chi connectivity index (χ0) is 16.0. The maximum Gasteiger partial charge on any atom is 0.253 e. The molecule has 21 heavy (non-hydrogen) atoms. The van der Waals surface area contributed by atoms with Crippen LogP contribution in [0.4, 0.5) is 0 Å². The highest BCUT2D eigenvalue weighted by atomic mass is 16.5. The van der Waals surface area contributed by atoms with E-state index < -0.39 is 0 Å². The Morgan fingerprint density at radius 3 is 2.48 bits per heavy atom. The van der Waals surface area contributed by atoms with E-state index in [1.807, 2.05) is 13.8 Å². The number of aromatic nitrogens is 1. The molecule has 0 fully saturated rings. The van der Waals surface area contributed by atoms with Crippen LogP contribution in [0.15, 0.2) is 18.3 Å².